The molecule has 0 aliphatic heterocycles. The predicted octanol–water partition coefficient (Wildman–Crippen LogP) is 1.69. The lowest BCUT2D eigenvalue weighted by molar-refractivity contribution is -0.151. The fraction of sp³-hybridized carbons (Fsp3) is 0.897. The number of hydrogen-bond acceptors (Lipinski definition) is 13. The Labute approximate surface area is 255 Å². The summed E-state index contributed by atoms with van der Waals surface area (Å²) in [6.45, 7) is 10.9. The number of ketones is 1. The Kier molecular flexibility index (Phi) is 33.3. The van der Waals surface area contributed by atoms with Crippen molar-refractivity contribution in [3.05, 3.63) is 0 Å². The summed E-state index contributed by atoms with van der Waals surface area (Å²) in [4.78, 5) is 32.6. The molecule has 0 heterocycles. The van der Waals surface area contributed by atoms with E-state index in [1.54, 1.807) is 0 Å². The van der Waals surface area contributed by atoms with E-state index in [9.17, 15) is 14.4 Å². The van der Waals surface area contributed by atoms with Gasteiger partial charge in [0.1, 0.15) is 6.61 Å². The van der Waals surface area contributed by atoms with Gasteiger partial charge in [-0.15, -0.1) is 0 Å². The van der Waals surface area contributed by atoms with Crippen LogP contribution in [0.15, 0.2) is 0 Å². The van der Waals surface area contributed by atoms with Crippen LogP contribution in [0, 0.1) is 0 Å². The molecule has 0 aliphatic carbocycles. The van der Waals surface area contributed by atoms with E-state index in [4.69, 9.17) is 52.5 Å². The number of carboxylic acids is 1. The summed E-state index contributed by atoms with van der Waals surface area (Å²) in [5, 5.41) is 8.43. The van der Waals surface area contributed by atoms with Crippen LogP contribution in [0.2, 0.25) is 0 Å². The molecule has 0 radical (unpaired) electrons. The molecule has 0 unspecified atom stereocenters. The lowest BCUT2D eigenvalue weighted by atomic mass is 10.2. The molecule has 0 fully saturated rings. The maximum atomic E-state index is 11.3. The fourth-order valence-electron chi connectivity index (χ4n) is 3.10. The average Bonchev–Trinajstić information content (AvgIpc) is 3.00. The number of carboxylic acid groups (broad SMARTS) is 1. The first-order valence-corrected chi connectivity index (χ1v) is 15.2. The van der Waals surface area contributed by atoms with E-state index in [0.29, 0.717) is 106 Å². The molecule has 0 saturated carbocycles. The Bertz CT molecular complexity index is 634. The minimum absolute atomic E-state index is 0.0186. The van der Waals surface area contributed by atoms with Crippen molar-refractivity contribution in [2.75, 3.05) is 126 Å². The summed E-state index contributed by atoms with van der Waals surface area (Å²) < 4.78 is 53.6. The van der Waals surface area contributed by atoms with Gasteiger partial charge >= 0.3 is 11.9 Å². The van der Waals surface area contributed by atoms with Crippen LogP contribution in [0.25, 0.3) is 0 Å². The van der Waals surface area contributed by atoms with Gasteiger partial charge in [-0.2, -0.15) is 0 Å². The van der Waals surface area contributed by atoms with Gasteiger partial charge in [0.15, 0.2) is 0 Å². The summed E-state index contributed by atoms with van der Waals surface area (Å²) in [6, 6.07) is 0. The first-order chi connectivity index (χ1) is 21.1. The molecule has 0 amide bonds. The van der Waals surface area contributed by atoms with E-state index < -0.39 is 17.7 Å². The molecular formula is C29H54O14. The highest BCUT2D eigenvalue weighted by atomic mass is 16.6. The number of unbranched alkanes of at least 4 members (excludes halogenated alkanes) is 3. The second-order valence-electron chi connectivity index (χ2n) is 9.02. The van der Waals surface area contributed by atoms with Gasteiger partial charge in [-0.05, 0) is 6.42 Å². The highest BCUT2D eigenvalue weighted by molar-refractivity contribution is 6.32. The van der Waals surface area contributed by atoms with E-state index in [1.807, 2.05) is 0 Å². The van der Waals surface area contributed by atoms with E-state index in [-0.39, 0.29) is 26.1 Å². The topological polar surface area (TPSA) is 164 Å². The van der Waals surface area contributed by atoms with Gasteiger partial charge in [-0.25, -0.2) is 4.79 Å². The number of carbonyl (C=O) groups is 3. The lowest BCUT2D eigenvalue weighted by Gasteiger charge is -2.09. The third-order valence-electron chi connectivity index (χ3n) is 5.40. The van der Waals surface area contributed by atoms with Crippen molar-refractivity contribution in [1.82, 2.24) is 0 Å². The van der Waals surface area contributed by atoms with Crippen molar-refractivity contribution in [2.24, 2.45) is 0 Å². The molecule has 0 aromatic carbocycles. The average molecular weight is 627 g/mol. The number of ether oxygens (including phenoxy) is 10. The molecule has 0 rings (SSSR count). The zero-order valence-electron chi connectivity index (χ0n) is 25.9. The first-order valence-electron chi connectivity index (χ1n) is 15.2. The van der Waals surface area contributed by atoms with Crippen LogP contribution < -0.4 is 0 Å². The molecule has 1 N–H and O–H groups in total. The predicted molar refractivity (Wildman–Crippen MR) is 154 cm³/mol. The van der Waals surface area contributed by atoms with Crippen molar-refractivity contribution in [1.29, 1.82) is 0 Å². The SMILES string of the molecule is CCCCCCOCCOCCOCCOCCOCCOCCOCCOCCOCCOC(=O)CCC(=O)C(=O)O. The lowest BCUT2D eigenvalue weighted by Crippen LogP contribution is -2.17. The highest BCUT2D eigenvalue weighted by Gasteiger charge is 2.14. The second kappa shape index (κ2) is 34.7. The van der Waals surface area contributed by atoms with Gasteiger partial charge in [-0.3, -0.25) is 9.59 Å². The quantitative estimate of drug-likeness (QED) is 0.0607. The number of hydrogen-bond donors (Lipinski definition) is 1. The molecular weight excluding hydrogens is 572 g/mol. The van der Waals surface area contributed by atoms with Crippen LogP contribution in [0.5, 0.6) is 0 Å². The van der Waals surface area contributed by atoms with E-state index >= 15 is 0 Å². The van der Waals surface area contributed by atoms with E-state index in [2.05, 4.69) is 6.92 Å². The maximum Gasteiger partial charge on any atom is 0.372 e. The number of aliphatic carboxylic acids is 1. The summed E-state index contributed by atoms with van der Waals surface area (Å²) in [6.07, 6.45) is 4.20. The summed E-state index contributed by atoms with van der Waals surface area (Å²) in [5.74, 6) is -3.23. The van der Waals surface area contributed by atoms with Crippen LogP contribution in [-0.4, -0.2) is 148 Å². The van der Waals surface area contributed by atoms with Crippen LogP contribution >= 0.6 is 0 Å². The van der Waals surface area contributed by atoms with Crippen LogP contribution in [-0.2, 0) is 61.8 Å². The van der Waals surface area contributed by atoms with E-state index in [1.165, 1.54) is 19.3 Å². The number of carbonyl (C=O) groups excluding carboxylic acids is 2. The number of Topliss-reactive ketones (excluding diaryl/α,β-unsaturated/α-hetero) is 1. The van der Waals surface area contributed by atoms with Gasteiger partial charge in [0.05, 0.1) is 119 Å². The first kappa shape index (κ1) is 41.2. The molecule has 0 aliphatic rings. The minimum Gasteiger partial charge on any atom is -0.476 e. The Morgan fingerprint density at radius 3 is 1.07 bits per heavy atom. The zero-order chi connectivity index (χ0) is 31.5. The minimum atomic E-state index is -1.56. The molecule has 0 aromatic rings. The van der Waals surface area contributed by atoms with Gasteiger partial charge in [-0.1, -0.05) is 26.2 Å². The number of esters is 1. The Hall–Kier alpha value is -1.75. The standard InChI is InChI=1S/C29H54O14/c1-2-3-4-5-8-34-9-10-35-11-12-36-13-14-37-15-16-38-17-18-39-19-20-40-21-22-41-23-24-42-25-26-43-28(31)7-6-27(30)29(32)33/h2-26H2,1H3,(H,32,33). The van der Waals surface area contributed by atoms with Crippen molar-refractivity contribution in [3.63, 3.8) is 0 Å². The summed E-state index contributed by atoms with van der Waals surface area (Å²) in [5.41, 5.74) is 0. The van der Waals surface area contributed by atoms with Crippen LogP contribution in [0.1, 0.15) is 45.4 Å². The van der Waals surface area contributed by atoms with Crippen LogP contribution in [0.3, 0.4) is 0 Å². The highest BCUT2D eigenvalue weighted by Crippen LogP contribution is 1.98. The molecule has 0 atom stereocenters. The van der Waals surface area contributed by atoms with Gasteiger partial charge in [0, 0.05) is 13.0 Å². The van der Waals surface area contributed by atoms with Crippen molar-refractivity contribution < 1.29 is 66.9 Å². The Morgan fingerprint density at radius 2 is 0.744 bits per heavy atom. The molecule has 254 valence electrons. The molecule has 0 aromatic heterocycles. The molecule has 0 spiro atoms. The largest absolute Gasteiger partial charge is 0.476 e. The fourth-order valence-corrected chi connectivity index (χ4v) is 3.10. The molecule has 14 heteroatoms. The smallest absolute Gasteiger partial charge is 0.372 e. The molecule has 0 saturated heterocycles. The second-order valence-corrected chi connectivity index (χ2v) is 9.02. The Balaban J connectivity index is 3.12. The summed E-state index contributed by atoms with van der Waals surface area (Å²) in [7, 11) is 0. The molecule has 43 heavy (non-hydrogen) atoms. The summed E-state index contributed by atoms with van der Waals surface area (Å²) >= 11 is 0. The third kappa shape index (κ3) is 34.6. The maximum absolute atomic E-state index is 11.3. The van der Waals surface area contributed by atoms with Gasteiger partial charge in [0.2, 0.25) is 5.78 Å². The van der Waals surface area contributed by atoms with Crippen molar-refractivity contribution in [3.8, 4) is 0 Å². The van der Waals surface area contributed by atoms with Crippen molar-refractivity contribution in [2.45, 2.75) is 45.4 Å². The van der Waals surface area contributed by atoms with E-state index in [0.717, 1.165) is 13.0 Å². The van der Waals surface area contributed by atoms with Gasteiger partial charge in [0.25, 0.3) is 0 Å². The third-order valence-corrected chi connectivity index (χ3v) is 5.40. The van der Waals surface area contributed by atoms with Gasteiger partial charge < -0.3 is 52.5 Å². The molecule has 0 bridgehead atoms. The number of rotatable bonds is 36. The molecule has 14 nitrogen and oxygen atoms in total. The van der Waals surface area contributed by atoms with Crippen molar-refractivity contribution >= 4 is 17.7 Å². The van der Waals surface area contributed by atoms with Crippen LogP contribution in [0.4, 0.5) is 0 Å². The normalized spacial score (nSPS) is 11.2. The monoisotopic (exact) mass is 626 g/mol. The Morgan fingerprint density at radius 1 is 0.419 bits per heavy atom. The zero-order valence-corrected chi connectivity index (χ0v) is 25.9.